The average molecular weight is 290 g/mol. The zero-order chi connectivity index (χ0) is 15.7. The number of hydrogen-bond acceptors (Lipinski definition) is 2. The summed E-state index contributed by atoms with van der Waals surface area (Å²) in [4.78, 5) is 12.4. The standard InChI is InChI=1S/C19H30O2/c1-5-8-10-16-11-13-17(14-12-16)21-18(20)19(4,7-3)15-9-6-2/h11-14H,5-10,15H2,1-4H3. The van der Waals surface area contributed by atoms with Gasteiger partial charge in [-0.05, 0) is 50.3 Å². The summed E-state index contributed by atoms with van der Waals surface area (Å²) >= 11 is 0. The Hall–Kier alpha value is -1.31. The van der Waals surface area contributed by atoms with Gasteiger partial charge in [-0.1, -0.05) is 52.2 Å². The molecule has 0 fully saturated rings. The molecule has 0 radical (unpaired) electrons. The molecule has 0 aliphatic heterocycles. The molecule has 21 heavy (non-hydrogen) atoms. The summed E-state index contributed by atoms with van der Waals surface area (Å²) in [7, 11) is 0. The Morgan fingerprint density at radius 1 is 1.05 bits per heavy atom. The maximum Gasteiger partial charge on any atom is 0.317 e. The molecule has 1 aromatic rings. The minimum Gasteiger partial charge on any atom is -0.426 e. The fourth-order valence-electron chi connectivity index (χ4n) is 2.33. The second kappa shape index (κ2) is 8.86. The van der Waals surface area contributed by atoms with Gasteiger partial charge in [0.1, 0.15) is 5.75 Å². The van der Waals surface area contributed by atoms with Gasteiger partial charge < -0.3 is 4.74 Å². The number of benzene rings is 1. The molecule has 2 nitrogen and oxygen atoms in total. The van der Waals surface area contributed by atoms with Crippen LogP contribution in [-0.2, 0) is 11.2 Å². The Kier molecular flexibility index (Phi) is 7.49. The van der Waals surface area contributed by atoms with Gasteiger partial charge in [0.25, 0.3) is 0 Å². The van der Waals surface area contributed by atoms with E-state index in [2.05, 4.69) is 32.9 Å². The van der Waals surface area contributed by atoms with Crippen molar-refractivity contribution in [1.82, 2.24) is 0 Å². The zero-order valence-electron chi connectivity index (χ0n) is 14.1. The van der Waals surface area contributed by atoms with E-state index in [1.54, 1.807) is 0 Å². The van der Waals surface area contributed by atoms with E-state index >= 15 is 0 Å². The smallest absolute Gasteiger partial charge is 0.317 e. The maximum atomic E-state index is 12.4. The van der Waals surface area contributed by atoms with Crippen molar-refractivity contribution in [1.29, 1.82) is 0 Å². The number of aryl methyl sites for hydroxylation is 1. The topological polar surface area (TPSA) is 26.3 Å². The van der Waals surface area contributed by atoms with Crippen LogP contribution in [0.15, 0.2) is 24.3 Å². The largest absolute Gasteiger partial charge is 0.426 e. The summed E-state index contributed by atoms with van der Waals surface area (Å²) in [6.07, 6.45) is 7.37. The van der Waals surface area contributed by atoms with Crippen LogP contribution in [0.2, 0.25) is 0 Å². The third kappa shape index (κ3) is 5.53. The number of carbonyl (C=O) groups is 1. The van der Waals surface area contributed by atoms with E-state index in [1.165, 1.54) is 18.4 Å². The third-order valence-electron chi connectivity index (χ3n) is 4.31. The lowest BCUT2D eigenvalue weighted by Crippen LogP contribution is -2.31. The Bertz CT molecular complexity index is 422. The molecule has 2 heteroatoms. The van der Waals surface area contributed by atoms with E-state index in [9.17, 15) is 4.79 Å². The summed E-state index contributed by atoms with van der Waals surface area (Å²) in [6, 6.07) is 7.96. The van der Waals surface area contributed by atoms with E-state index in [-0.39, 0.29) is 11.4 Å². The number of carbonyl (C=O) groups excluding carboxylic acids is 1. The molecule has 0 amide bonds. The minimum atomic E-state index is -0.364. The molecule has 1 aromatic carbocycles. The molecule has 0 saturated carbocycles. The highest BCUT2D eigenvalue weighted by atomic mass is 16.5. The quantitative estimate of drug-likeness (QED) is 0.441. The van der Waals surface area contributed by atoms with Gasteiger partial charge in [-0.3, -0.25) is 4.79 Å². The van der Waals surface area contributed by atoms with Gasteiger partial charge in [0.2, 0.25) is 0 Å². The van der Waals surface area contributed by atoms with E-state index in [0.717, 1.165) is 32.1 Å². The molecule has 0 aromatic heterocycles. The van der Waals surface area contributed by atoms with Gasteiger partial charge in [-0.15, -0.1) is 0 Å². The Labute approximate surface area is 129 Å². The lowest BCUT2D eigenvalue weighted by atomic mass is 9.82. The molecule has 1 unspecified atom stereocenters. The molecule has 1 atom stereocenters. The fraction of sp³-hybridized carbons (Fsp3) is 0.632. The van der Waals surface area contributed by atoms with Crippen molar-refractivity contribution in [2.75, 3.05) is 0 Å². The lowest BCUT2D eigenvalue weighted by molar-refractivity contribution is -0.145. The molecule has 0 bridgehead atoms. The molecular formula is C19H30O2. The minimum absolute atomic E-state index is 0.0974. The zero-order valence-corrected chi connectivity index (χ0v) is 14.1. The number of rotatable bonds is 9. The van der Waals surface area contributed by atoms with Crippen LogP contribution in [-0.4, -0.2) is 5.97 Å². The van der Waals surface area contributed by atoms with E-state index in [1.807, 2.05) is 19.1 Å². The second-order valence-electron chi connectivity index (χ2n) is 6.15. The normalized spacial score (nSPS) is 13.7. The van der Waals surface area contributed by atoms with Crippen molar-refractivity contribution >= 4 is 5.97 Å². The van der Waals surface area contributed by atoms with Crippen molar-refractivity contribution in [3.63, 3.8) is 0 Å². The summed E-state index contributed by atoms with van der Waals surface area (Å²) in [5.41, 5.74) is 0.942. The number of ether oxygens (including phenoxy) is 1. The van der Waals surface area contributed by atoms with E-state index < -0.39 is 0 Å². The highest BCUT2D eigenvalue weighted by Gasteiger charge is 2.32. The third-order valence-corrected chi connectivity index (χ3v) is 4.31. The predicted octanol–water partition coefficient (Wildman–Crippen LogP) is 5.54. The molecule has 0 saturated heterocycles. The van der Waals surface area contributed by atoms with Crippen molar-refractivity contribution in [2.24, 2.45) is 5.41 Å². The van der Waals surface area contributed by atoms with Crippen LogP contribution < -0.4 is 4.74 Å². The Morgan fingerprint density at radius 3 is 2.19 bits per heavy atom. The van der Waals surface area contributed by atoms with Gasteiger partial charge in [-0.25, -0.2) is 0 Å². The van der Waals surface area contributed by atoms with Gasteiger partial charge in [-0.2, -0.15) is 0 Å². The number of hydrogen-bond donors (Lipinski definition) is 0. The first-order valence-electron chi connectivity index (χ1n) is 8.37. The van der Waals surface area contributed by atoms with Gasteiger partial charge >= 0.3 is 5.97 Å². The molecule has 118 valence electrons. The Morgan fingerprint density at radius 2 is 1.67 bits per heavy atom. The van der Waals surface area contributed by atoms with Crippen LogP contribution in [0.1, 0.15) is 71.8 Å². The number of unbranched alkanes of at least 4 members (excludes halogenated alkanes) is 2. The molecule has 0 N–H and O–H groups in total. The summed E-state index contributed by atoms with van der Waals surface area (Å²) in [5, 5.41) is 0. The van der Waals surface area contributed by atoms with Gasteiger partial charge in [0, 0.05) is 0 Å². The first-order chi connectivity index (χ1) is 10.1. The first-order valence-corrected chi connectivity index (χ1v) is 8.37. The van der Waals surface area contributed by atoms with E-state index in [4.69, 9.17) is 4.74 Å². The molecule has 0 aliphatic carbocycles. The van der Waals surface area contributed by atoms with Crippen molar-refractivity contribution < 1.29 is 9.53 Å². The summed E-state index contributed by atoms with van der Waals surface area (Å²) in [6.45, 7) is 8.42. The highest BCUT2D eigenvalue weighted by Crippen LogP contribution is 2.30. The van der Waals surface area contributed by atoms with Crippen LogP contribution in [0.25, 0.3) is 0 Å². The Balaban J connectivity index is 2.64. The second-order valence-corrected chi connectivity index (χ2v) is 6.15. The lowest BCUT2D eigenvalue weighted by Gasteiger charge is -2.25. The fourth-order valence-corrected chi connectivity index (χ4v) is 2.33. The van der Waals surface area contributed by atoms with E-state index in [0.29, 0.717) is 5.75 Å². The monoisotopic (exact) mass is 290 g/mol. The first kappa shape index (κ1) is 17.7. The molecule has 0 heterocycles. The summed E-state index contributed by atoms with van der Waals surface area (Å²) in [5.74, 6) is 0.566. The molecule has 0 aliphatic rings. The molecular weight excluding hydrogens is 260 g/mol. The van der Waals surface area contributed by atoms with Crippen LogP contribution >= 0.6 is 0 Å². The molecule has 0 spiro atoms. The number of esters is 1. The maximum absolute atomic E-state index is 12.4. The van der Waals surface area contributed by atoms with Crippen molar-refractivity contribution in [3.8, 4) is 5.75 Å². The van der Waals surface area contributed by atoms with Crippen LogP contribution in [0.4, 0.5) is 0 Å². The molecule has 1 rings (SSSR count). The summed E-state index contributed by atoms with van der Waals surface area (Å²) < 4.78 is 5.59. The van der Waals surface area contributed by atoms with Crippen LogP contribution in [0.5, 0.6) is 5.75 Å². The average Bonchev–Trinajstić information content (AvgIpc) is 2.51. The highest BCUT2D eigenvalue weighted by molar-refractivity contribution is 5.78. The van der Waals surface area contributed by atoms with Gasteiger partial charge in [0.15, 0.2) is 0 Å². The van der Waals surface area contributed by atoms with Gasteiger partial charge in [0.05, 0.1) is 5.41 Å². The predicted molar refractivity (Wildman–Crippen MR) is 88.6 cm³/mol. The van der Waals surface area contributed by atoms with Crippen LogP contribution in [0, 0.1) is 5.41 Å². The van der Waals surface area contributed by atoms with Crippen molar-refractivity contribution in [3.05, 3.63) is 29.8 Å². The van der Waals surface area contributed by atoms with Crippen LogP contribution in [0.3, 0.4) is 0 Å². The van der Waals surface area contributed by atoms with Crippen molar-refractivity contribution in [2.45, 2.75) is 72.6 Å². The SMILES string of the molecule is CCCCc1ccc(OC(=O)C(C)(CC)CCCC)cc1.